The molecule has 0 radical (unpaired) electrons. The molecule has 1 aliphatic heterocycles. The maximum absolute atomic E-state index is 14.3. The maximum atomic E-state index is 14.3. The van der Waals surface area contributed by atoms with E-state index in [9.17, 15) is 26.0 Å². The van der Waals surface area contributed by atoms with Crippen LogP contribution in [0.25, 0.3) is 0 Å². The molecule has 0 saturated heterocycles. The molecule has 2 atom stereocenters. The zero-order chi connectivity index (χ0) is 19.2. The molecule has 1 aromatic carbocycles. The summed E-state index contributed by atoms with van der Waals surface area (Å²) in [5.41, 5.74) is 3.88. The second-order valence-electron chi connectivity index (χ2n) is 6.07. The van der Waals surface area contributed by atoms with Crippen molar-refractivity contribution in [2.24, 2.45) is 10.7 Å². The standard InChI is InChI=1S/C14H18F4N4O2S/c1-8(14(16,17)18)20-9-4-5-11(15)10(6-9)13(2)7-25(23,24)22(3)12(19)21-13/h4-6,8,20H,7H2,1-3H3,(H2,19,21)/t8?,13-/m0/s1. The third kappa shape index (κ3) is 3.80. The van der Waals surface area contributed by atoms with Crippen LogP contribution < -0.4 is 11.1 Å². The van der Waals surface area contributed by atoms with E-state index in [2.05, 4.69) is 10.3 Å². The number of hydrogen-bond donors (Lipinski definition) is 2. The van der Waals surface area contributed by atoms with E-state index in [0.29, 0.717) is 0 Å². The van der Waals surface area contributed by atoms with Crippen molar-refractivity contribution in [2.45, 2.75) is 31.6 Å². The lowest BCUT2D eigenvalue weighted by Crippen LogP contribution is -2.50. The Kier molecular flexibility index (Phi) is 4.66. The lowest BCUT2D eigenvalue weighted by molar-refractivity contribution is -0.138. The molecule has 1 aromatic rings. The molecule has 0 saturated carbocycles. The van der Waals surface area contributed by atoms with Crippen molar-refractivity contribution in [3.8, 4) is 0 Å². The fourth-order valence-electron chi connectivity index (χ4n) is 2.45. The van der Waals surface area contributed by atoms with Crippen LogP contribution in [0.15, 0.2) is 23.2 Å². The van der Waals surface area contributed by atoms with Gasteiger partial charge in [-0.2, -0.15) is 13.2 Å². The number of halogens is 4. The Morgan fingerprint density at radius 1 is 1.40 bits per heavy atom. The lowest BCUT2D eigenvalue weighted by atomic mass is 9.93. The Morgan fingerprint density at radius 3 is 2.52 bits per heavy atom. The molecule has 1 unspecified atom stereocenters. The highest BCUT2D eigenvalue weighted by Crippen LogP contribution is 2.35. The highest BCUT2D eigenvalue weighted by Gasteiger charge is 2.42. The summed E-state index contributed by atoms with van der Waals surface area (Å²) in [5, 5.41) is 2.22. The molecule has 1 aliphatic rings. The highest BCUT2D eigenvalue weighted by molar-refractivity contribution is 7.89. The third-order valence-corrected chi connectivity index (χ3v) is 5.93. The fraction of sp³-hybridized carbons (Fsp3) is 0.500. The van der Waals surface area contributed by atoms with Gasteiger partial charge in [0.15, 0.2) is 0 Å². The predicted octanol–water partition coefficient (Wildman–Crippen LogP) is 1.99. The molecule has 3 N–H and O–H groups in total. The average Bonchev–Trinajstić information content (AvgIpc) is 2.45. The minimum Gasteiger partial charge on any atom is -0.374 e. The van der Waals surface area contributed by atoms with Gasteiger partial charge in [-0.15, -0.1) is 0 Å². The Bertz CT molecular complexity index is 810. The molecule has 0 fully saturated rings. The van der Waals surface area contributed by atoms with E-state index >= 15 is 0 Å². The first-order valence-corrected chi connectivity index (χ1v) is 8.82. The fourth-order valence-corrected chi connectivity index (χ4v) is 3.90. The Balaban J connectivity index is 2.47. The predicted molar refractivity (Wildman–Crippen MR) is 86.1 cm³/mol. The van der Waals surface area contributed by atoms with E-state index in [4.69, 9.17) is 5.73 Å². The molecule has 0 bridgehead atoms. The van der Waals surface area contributed by atoms with Crippen LogP contribution >= 0.6 is 0 Å². The van der Waals surface area contributed by atoms with Gasteiger partial charge in [-0.1, -0.05) is 0 Å². The second kappa shape index (κ2) is 6.04. The number of guanidine groups is 1. The van der Waals surface area contributed by atoms with E-state index in [-0.39, 0.29) is 17.2 Å². The van der Waals surface area contributed by atoms with Crippen LogP contribution in [-0.4, -0.2) is 43.7 Å². The molecule has 11 heteroatoms. The summed E-state index contributed by atoms with van der Waals surface area (Å²) in [6.07, 6.45) is -4.49. The van der Waals surface area contributed by atoms with E-state index in [1.807, 2.05) is 0 Å². The van der Waals surface area contributed by atoms with Gasteiger partial charge in [0.05, 0.1) is 5.75 Å². The number of benzene rings is 1. The third-order valence-electron chi connectivity index (χ3n) is 3.99. The first kappa shape index (κ1) is 19.3. The van der Waals surface area contributed by atoms with Crippen LogP contribution in [0.4, 0.5) is 23.2 Å². The highest BCUT2D eigenvalue weighted by atomic mass is 32.2. The van der Waals surface area contributed by atoms with Crippen molar-refractivity contribution in [1.82, 2.24) is 4.31 Å². The minimum atomic E-state index is -4.49. The first-order valence-electron chi connectivity index (χ1n) is 7.21. The number of nitrogens with zero attached hydrogens (tertiary/aromatic N) is 2. The van der Waals surface area contributed by atoms with E-state index in [1.165, 1.54) is 14.0 Å². The molecule has 0 aliphatic carbocycles. The van der Waals surface area contributed by atoms with Gasteiger partial charge in [0, 0.05) is 18.3 Å². The number of anilines is 1. The quantitative estimate of drug-likeness (QED) is 0.783. The Hall–Kier alpha value is -2.04. The molecule has 1 heterocycles. The van der Waals surface area contributed by atoms with Gasteiger partial charge in [0.25, 0.3) is 0 Å². The van der Waals surface area contributed by atoms with Gasteiger partial charge < -0.3 is 11.1 Å². The largest absolute Gasteiger partial charge is 0.408 e. The van der Waals surface area contributed by atoms with E-state index in [0.717, 1.165) is 29.4 Å². The summed E-state index contributed by atoms with van der Waals surface area (Å²) in [5.74, 6) is -1.67. The summed E-state index contributed by atoms with van der Waals surface area (Å²) in [6.45, 7) is 2.28. The molecule has 140 valence electrons. The van der Waals surface area contributed by atoms with Gasteiger partial charge >= 0.3 is 6.18 Å². The number of nitrogens with two attached hydrogens (primary N) is 1. The Labute approximate surface area is 142 Å². The lowest BCUT2D eigenvalue weighted by Gasteiger charge is -2.34. The topological polar surface area (TPSA) is 87.8 Å². The molecular weight excluding hydrogens is 364 g/mol. The van der Waals surface area contributed by atoms with Crippen LogP contribution in [0.2, 0.25) is 0 Å². The summed E-state index contributed by atoms with van der Waals surface area (Å²) in [4.78, 5) is 4.04. The maximum Gasteiger partial charge on any atom is 0.408 e. The molecule has 25 heavy (non-hydrogen) atoms. The number of alkyl halides is 3. The van der Waals surface area contributed by atoms with Gasteiger partial charge in [-0.25, -0.2) is 22.1 Å². The zero-order valence-corrected chi connectivity index (χ0v) is 14.5. The van der Waals surface area contributed by atoms with Gasteiger partial charge in [-0.3, -0.25) is 0 Å². The number of nitrogens with one attached hydrogen (secondary N) is 1. The van der Waals surface area contributed by atoms with Crippen LogP contribution in [0.5, 0.6) is 0 Å². The summed E-state index contributed by atoms with van der Waals surface area (Å²) >= 11 is 0. The SMILES string of the molecule is CC(Nc1ccc(F)c([C@]2(C)CS(=O)(=O)N(C)C(N)=N2)c1)C(F)(F)F. The molecule has 2 rings (SSSR count). The molecule has 0 aromatic heterocycles. The summed E-state index contributed by atoms with van der Waals surface area (Å²) in [6, 6.07) is 1.35. The van der Waals surface area contributed by atoms with Crippen LogP contribution in [0, 0.1) is 5.82 Å². The minimum absolute atomic E-state index is 0.00690. The van der Waals surface area contributed by atoms with Crippen LogP contribution in [-0.2, 0) is 15.6 Å². The van der Waals surface area contributed by atoms with Crippen molar-refractivity contribution < 1.29 is 26.0 Å². The number of aliphatic imine (C=N–C) groups is 1. The van der Waals surface area contributed by atoms with Gasteiger partial charge in [-0.05, 0) is 32.0 Å². The smallest absolute Gasteiger partial charge is 0.374 e. The number of sulfonamides is 1. The van der Waals surface area contributed by atoms with Crippen molar-refractivity contribution in [3.05, 3.63) is 29.6 Å². The van der Waals surface area contributed by atoms with Crippen molar-refractivity contribution in [2.75, 3.05) is 18.1 Å². The first-order chi connectivity index (χ1) is 11.3. The zero-order valence-electron chi connectivity index (χ0n) is 13.7. The van der Waals surface area contributed by atoms with Crippen molar-refractivity contribution in [1.29, 1.82) is 0 Å². The van der Waals surface area contributed by atoms with E-state index in [1.54, 1.807) is 0 Å². The molecule has 0 spiro atoms. The summed E-state index contributed by atoms with van der Waals surface area (Å²) in [7, 11) is -2.62. The average molecular weight is 382 g/mol. The monoisotopic (exact) mass is 382 g/mol. The van der Waals surface area contributed by atoms with Gasteiger partial charge in [0.1, 0.15) is 17.4 Å². The normalized spacial score (nSPS) is 24.6. The molecule has 6 nitrogen and oxygen atoms in total. The molecular formula is C14H18F4N4O2S. The number of rotatable bonds is 3. The van der Waals surface area contributed by atoms with Crippen LogP contribution in [0.3, 0.4) is 0 Å². The van der Waals surface area contributed by atoms with Crippen molar-refractivity contribution in [3.63, 3.8) is 0 Å². The van der Waals surface area contributed by atoms with Gasteiger partial charge in [0.2, 0.25) is 16.0 Å². The molecule has 0 amide bonds. The number of hydrogen-bond acceptors (Lipinski definition) is 5. The van der Waals surface area contributed by atoms with E-state index < -0.39 is 39.4 Å². The Morgan fingerprint density at radius 2 is 2.00 bits per heavy atom. The van der Waals surface area contributed by atoms with Crippen molar-refractivity contribution >= 4 is 21.7 Å². The second-order valence-corrected chi connectivity index (χ2v) is 8.07. The van der Waals surface area contributed by atoms with Crippen LogP contribution in [0.1, 0.15) is 19.4 Å². The summed E-state index contributed by atoms with van der Waals surface area (Å²) < 4.78 is 77.4.